The standard InChI is InChI=1S/C15H19F2N3O.C14H17N3O2.C14H21N3O2.C13H18N2O3.C10H14N2O2S.C10H12N2O2S/c1-18-11-3-2-10-8-13(14(21)19-12(10)9-11)20-6-4-15(16,17)5-7-20;1-15-11-3-2-10-8-13(14(18)16-12(10)9-11)17-4-6-19-7-5-17;1-15-11-5-4-10-8-13(17(2)6-7-19-3)14(18)16-12(10)9-11;1-14-10-7-9-3-4-12(17)15-13(9)11(8-10)18-6-2-5-16;2*1-11-9-4-3-8-5-6-15(13,14)12(2)10(8)7-9/h2-3,9,13,18H,4-8H2,1H3,(H,19,21);2-3,8-9,15H,4-7H2,1H3,(H,16,18);4-5,9,13,15H,6-8H2,1-3H3,(H,16,18);7-8,14,16H,2-6H2,1H3,(H,15,17);3-4,7,11H,5-6H2,1-2H3;3-7,11H,1-2H3. The molecule has 0 bridgehead atoms. The molecule has 27 nitrogen and oxygen atoms in total. The molecule has 7 aliphatic heterocycles. The molecular formula is C76H101F2N15O12S2. The van der Waals surface area contributed by atoms with Crippen LogP contribution in [0.3, 0.4) is 0 Å². The van der Waals surface area contributed by atoms with Crippen LogP contribution in [-0.2, 0) is 69.6 Å². The van der Waals surface area contributed by atoms with E-state index in [9.17, 15) is 44.8 Å². The summed E-state index contributed by atoms with van der Waals surface area (Å²) >= 11 is 0. The highest BCUT2D eigenvalue weighted by Crippen LogP contribution is 2.38. The van der Waals surface area contributed by atoms with E-state index in [0.717, 1.165) is 128 Å². The molecule has 11 N–H and O–H groups in total. The number of aliphatic hydroxyl groups is 1. The molecule has 107 heavy (non-hydrogen) atoms. The highest BCUT2D eigenvalue weighted by Gasteiger charge is 2.40. The summed E-state index contributed by atoms with van der Waals surface area (Å²) in [5.74, 6) is -1.73. The molecule has 8 heterocycles. The number of aromatic amines is 1. The third-order valence-electron chi connectivity index (χ3n) is 19.5. The lowest BCUT2D eigenvalue weighted by molar-refractivity contribution is -0.125. The Morgan fingerprint density at radius 3 is 1.82 bits per heavy atom. The second-order valence-electron chi connectivity index (χ2n) is 26.4. The van der Waals surface area contributed by atoms with Crippen molar-refractivity contribution in [3.05, 3.63) is 153 Å². The number of nitrogens with one attached hydrogen (secondary N) is 10. The number of rotatable bonds is 16. The zero-order valence-corrected chi connectivity index (χ0v) is 64.0. The van der Waals surface area contributed by atoms with Gasteiger partial charge in [0, 0.05) is 185 Å². The summed E-state index contributed by atoms with van der Waals surface area (Å²) in [7, 11) is 11.4. The van der Waals surface area contributed by atoms with Crippen LogP contribution in [0.2, 0.25) is 0 Å². The highest BCUT2D eigenvalue weighted by atomic mass is 32.2. The molecule has 2 atom stereocenters. The molecule has 578 valence electrons. The van der Waals surface area contributed by atoms with E-state index in [2.05, 4.69) is 63.8 Å². The predicted octanol–water partition coefficient (Wildman–Crippen LogP) is 8.80. The summed E-state index contributed by atoms with van der Waals surface area (Å²) < 4.78 is 91.5. The number of hydrogen-bond acceptors (Lipinski definition) is 21. The molecule has 2 saturated heterocycles. The number of anilines is 12. The number of carbonyl (C=O) groups is 3. The van der Waals surface area contributed by atoms with Gasteiger partial charge in [-0.05, 0) is 139 Å². The van der Waals surface area contributed by atoms with Crippen LogP contribution in [0.4, 0.5) is 77.0 Å². The van der Waals surface area contributed by atoms with Crippen molar-refractivity contribution >= 4 is 123 Å². The molecular weight excluding hydrogens is 1420 g/mol. The van der Waals surface area contributed by atoms with Crippen LogP contribution in [0.1, 0.15) is 53.5 Å². The van der Waals surface area contributed by atoms with E-state index >= 15 is 0 Å². The number of pyridine rings is 1. The number of aromatic nitrogens is 1. The number of likely N-dealkylation sites (tertiary alicyclic amines) is 1. The number of benzene rings is 6. The summed E-state index contributed by atoms with van der Waals surface area (Å²) in [5, 5.41) is 38.0. The molecule has 14 rings (SSSR count). The lowest BCUT2D eigenvalue weighted by Gasteiger charge is -2.38. The summed E-state index contributed by atoms with van der Waals surface area (Å²) in [6.07, 6.45) is 5.03. The van der Waals surface area contributed by atoms with Crippen LogP contribution in [-0.4, -0.2) is 215 Å². The number of H-pyrrole nitrogens is 1. The van der Waals surface area contributed by atoms with Gasteiger partial charge in [0.25, 0.3) is 21.5 Å². The summed E-state index contributed by atoms with van der Waals surface area (Å²) in [6, 6.07) is 34.7. The molecule has 7 aromatic rings. The quantitative estimate of drug-likeness (QED) is 0.0402. The van der Waals surface area contributed by atoms with Crippen molar-refractivity contribution in [3.8, 4) is 5.75 Å². The van der Waals surface area contributed by atoms with Gasteiger partial charge >= 0.3 is 0 Å². The SMILES string of the molecule is CNc1cc2c(c(OCCCO)c1)NC(=O)CC2.CNc1ccc2c(c1)N(C)S(=O)(=O)C=C2.CNc1ccc2c(c1)N(C)S(=O)(=O)CC2.CNc1ccc2c(c1)NC(=O)C(N(C)CCOC)C2.CNc1ccc2c(c1)NC(=O)C(N1CCC(F)(F)CC1)C2.CNc1ccc2cc(N3CCOCC3)c(=O)[nH]c2c1. The first kappa shape index (κ1) is 81.3. The first-order valence-electron chi connectivity index (χ1n) is 35.6. The molecule has 2 unspecified atom stereocenters. The maximum atomic E-state index is 13.2. The Morgan fingerprint density at radius 2 is 1.20 bits per heavy atom. The van der Waals surface area contributed by atoms with Crippen LogP contribution >= 0.6 is 0 Å². The van der Waals surface area contributed by atoms with Gasteiger partial charge in [0.15, 0.2) is 0 Å². The fraction of sp³-hybridized carbons (Fsp3) is 0.421. The Kier molecular flexibility index (Phi) is 28.3. The van der Waals surface area contributed by atoms with E-state index in [1.807, 2.05) is 155 Å². The molecule has 1 aromatic heterocycles. The number of fused-ring (bicyclic) bond motifs is 6. The molecule has 0 saturated carbocycles. The number of ether oxygens (including phenoxy) is 3. The summed E-state index contributed by atoms with van der Waals surface area (Å²) in [6.45, 7) is 5.35. The Morgan fingerprint density at radius 1 is 0.617 bits per heavy atom. The van der Waals surface area contributed by atoms with E-state index < -0.39 is 26.0 Å². The van der Waals surface area contributed by atoms with Crippen molar-refractivity contribution in [1.82, 2.24) is 14.8 Å². The van der Waals surface area contributed by atoms with Gasteiger partial charge in [-0.25, -0.2) is 25.6 Å². The van der Waals surface area contributed by atoms with E-state index in [1.54, 1.807) is 34.3 Å². The number of piperidine rings is 1. The fourth-order valence-electron chi connectivity index (χ4n) is 12.9. The van der Waals surface area contributed by atoms with Crippen molar-refractivity contribution < 1.29 is 59.3 Å². The van der Waals surface area contributed by atoms with Gasteiger partial charge in [0.05, 0.1) is 72.3 Å². The van der Waals surface area contributed by atoms with Gasteiger partial charge in [0.1, 0.15) is 11.4 Å². The van der Waals surface area contributed by atoms with Crippen molar-refractivity contribution in [1.29, 1.82) is 0 Å². The van der Waals surface area contributed by atoms with Crippen LogP contribution in [0.15, 0.2) is 119 Å². The molecule has 0 aliphatic carbocycles. The van der Waals surface area contributed by atoms with Crippen molar-refractivity contribution in [2.45, 2.75) is 69.4 Å². The van der Waals surface area contributed by atoms with Crippen LogP contribution in [0, 0.1) is 0 Å². The molecule has 0 spiro atoms. The van der Waals surface area contributed by atoms with Gasteiger partial charge in [0.2, 0.25) is 27.7 Å². The van der Waals surface area contributed by atoms with Crippen LogP contribution in [0.25, 0.3) is 17.0 Å². The predicted molar refractivity (Wildman–Crippen MR) is 426 cm³/mol. The minimum Gasteiger partial charge on any atom is -0.491 e. The van der Waals surface area contributed by atoms with Gasteiger partial charge in [-0.1, -0.05) is 30.3 Å². The number of morpholine rings is 1. The molecule has 7 aliphatic rings. The van der Waals surface area contributed by atoms with Crippen LogP contribution < -0.4 is 71.7 Å². The normalized spacial score (nSPS) is 18.3. The highest BCUT2D eigenvalue weighted by molar-refractivity contribution is 7.95. The number of amides is 3. The first-order chi connectivity index (χ1) is 51.2. The third kappa shape index (κ3) is 21.1. The average molecular weight is 1520 g/mol. The topological polar surface area (TPSA) is 325 Å². The number of nitrogens with zero attached hydrogens (tertiary/aromatic N) is 5. The Hall–Kier alpha value is -9.76. The van der Waals surface area contributed by atoms with Crippen molar-refractivity contribution in [2.75, 3.05) is 203 Å². The molecule has 2 fully saturated rings. The summed E-state index contributed by atoms with van der Waals surface area (Å²) in [4.78, 5) is 57.0. The van der Waals surface area contributed by atoms with Gasteiger partial charge in [-0.3, -0.25) is 37.6 Å². The number of carbonyl (C=O) groups excluding carboxylic acids is 3. The first-order valence-corrected chi connectivity index (χ1v) is 38.7. The third-order valence-corrected chi connectivity index (χ3v) is 22.7. The average Bonchev–Trinajstić information content (AvgIpc) is 0.729. The monoisotopic (exact) mass is 1520 g/mol. The number of hydrogen-bond donors (Lipinski definition) is 11. The van der Waals surface area contributed by atoms with E-state index in [1.165, 1.54) is 19.6 Å². The van der Waals surface area contributed by atoms with Gasteiger partial charge in [-0.2, -0.15) is 0 Å². The Balaban J connectivity index is 0.000000149. The zero-order chi connectivity index (χ0) is 77.2. The Bertz CT molecular complexity index is 4590. The smallest absolute Gasteiger partial charge is 0.271 e. The minimum atomic E-state index is -3.27. The van der Waals surface area contributed by atoms with E-state index in [0.29, 0.717) is 63.5 Å². The van der Waals surface area contributed by atoms with E-state index in [-0.39, 0.29) is 73.7 Å². The number of methoxy groups -OCH3 is 1. The fourth-order valence-corrected chi connectivity index (χ4v) is 15.0. The van der Waals surface area contributed by atoms with Crippen LogP contribution in [0.5, 0.6) is 5.75 Å². The number of sulfonamides is 2. The number of likely N-dealkylation sites (N-methyl/N-ethyl adjacent to an activating group) is 1. The number of aryl methyl sites for hydroxylation is 2. The number of alkyl halides is 2. The van der Waals surface area contributed by atoms with Gasteiger partial charge < -0.3 is 77.1 Å². The zero-order valence-electron chi connectivity index (χ0n) is 62.4. The molecule has 0 radical (unpaired) electrons. The maximum Gasteiger partial charge on any atom is 0.271 e. The lowest BCUT2D eigenvalue weighted by atomic mass is 9.95. The maximum absolute atomic E-state index is 13.2. The molecule has 6 aromatic carbocycles. The van der Waals surface area contributed by atoms with Gasteiger partial charge in [-0.15, -0.1) is 0 Å². The minimum absolute atomic E-state index is 0.0201. The molecule has 3 amide bonds. The summed E-state index contributed by atoms with van der Waals surface area (Å²) in [5.41, 5.74) is 16.5. The Labute approximate surface area is 625 Å². The number of halogens is 2. The van der Waals surface area contributed by atoms with E-state index in [4.69, 9.17) is 19.3 Å². The lowest BCUT2D eigenvalue weighted by Crippen LogP contribution is -2.52. The largest absolute Gasteiger partial charge is 0.491 e. The molecule has 31 heteroatoms. The second-order valence-corrected chi connectivity index (χ2v) is 30.3. The number of aliphatic hydroxyl groups excluding tert-OH is 1. The van der Waals surface area contributed by atoms with Crippen molar-refractivity contribution in [2.24, 2.45) is 0 Å². The van der Waals surface area contributed by atoms with Crippen molar-refractivity contribution in [3.63, 3.8) is 0 Å². The second kappa shape index (κ2) is 37.2.